The molecule has 3 amide bonds. The standard InChI is InChI=1S/C27H27N3O3S/c1-18-15-21(19(2)30(18)23-12-8-10-20-9-4-5-11-22(20)23)16-24-26(32)29(27(33)34-24)17-25(31)28-13-6-3-7-14-28/h4-5,8-12,15-16H,3,6-7,13-14,17H2,1-2H3/b24-16-. The van der Waals surface area contributed by atoms with E-state index in [1.807, 2.05) is 38.1 Å². The Labute approximate surface area is 203 Å². The Hall–Kier alpha value is -3.32. The van der Waals surface area contributed by atoms with Gasteiger partial charge < -0.3 is 9.47 Å². The first kappa shape index (κ1) is 22.5. The van der Waals surface area contributed by atoms with Crippen molar-refractivity contribution in [2.45, 2.75) is 33.1 Å². The second-order valence-corrected chi connectivity index (χ2v) is 9.86. The summed E-state index contributed by atoms with van der Waals surface area (Å²) in [6.45, 7) is 5.27. The average Bonchev–Trinajstić information content (AvgIpc) is 3.28. The number of aromatic nitrogens is 1. The summed E-state index contributed by atoms with van der Waals surface area (Å²) in [5.41, 5.74) is 4.00. The molecule has 2 aliphatic heterocycles. The number of likely N-dealkylation sites (tertiary alicyclic amines) is 1. The molecule has 1 aromatic heterocycles. The minimum absolute atomic E-state index is 0.155. The smallest absolute Gasteiger partial charge is 0.294 e. The van der Waals surface area contributed by atoms with E-state index in [1.54, 1.807) is 11.0 Å². The van der Waals surface area contributed by atoms with Crippen LogP contribution in [0.2, 0.25) is 0 Å². The van der Waals surface area contributed by atoms with Gasteiger partial charge in [0.05, 0.1) is 10.6 Å². The first-order valence-corrected chi connectivity index (χ1v) is 12.5. The van der Waals surface area contributed by atoms with Gasteiger partial charge in [0.25, 0.3) is 11.1 Å². The van der Waals surface area contributed by atoms with Gasteiger partial charge in [-0.2, -0.15) is 0 Å². The molecule has 0 atom stereocenters. The third-order valence-electron chi connectivity index (χ3n) is 6.64. The highest BCUT2D eigenvalue weighted by Crippen LogP contribution is 2.34. The number of rotatable bonds is 4. The number of hydrogen-bond acceptors (Lipinski definition) is 4. The van der Waals surface area contributed by atoms with Crippen LogP contribution >= 0.6 is 11.8 Å². The number of hydrogen-bond donors (Lipinski definition) is 0. The zero-order valence-corrected chi connectivity index (χ0v) is 20.2. The first-order valence-electron chi connectivity index (χ1n) is 11.6. The van der Waals surface area contributed by atoms with E-state index in [1.165, 1.54) is 0 Å². The third kappa shape index (κ3) is 4.05. The number of nitrogens with zero attached hydrogens (tertiary/aromatic N) is 3. The SMILES string of the molecule is Cc1cc(/C=C2\SC(=O)N(CC(=O)N3CCCCC3)C2=O)c(C)n1-c1cccc2ccccc12. The summed E-state index contributed by atoms with van der Waals surface area (Å²) in [5.74, 6) is -0.548. The number of fused-ring (bicyclic) bond motifs is 1. The number of piperidine rings is 1. The normalized spacial score (nSPS) is 17.9. The highest BCUT2D eigenvalue weighted by atomic mass is 32.2. The lowest BCUT2D eigenvalue weighted by molar-refractivity contribution is -0.136. The van der Waals surface area contributed by atoms with Crippen LogP contribution in [-0.2, 0) is 9.59 Å². The minimum atomic E-state index is -0.393. The van der Waals surface area contributed by atoms with Crippen molar-refractivity contribution in [2.24, 2.45) is 0 Å². The van der Waals surface area contributed by atoms with Crippen molar-refractivity contribution in [3.63, 3.8) is 0 Å². The van der Waals surface area contributed by atoms with Crippen LogP contribution in [0, 0.1) is 13.8 Å². The molecule has 0 N–H and O–H groups in total. The van der Waals surface area contributed by atoms with Crippen LogP contribution in [0.5, 0.6) is 0 Å². The van der Waals surface area contributed by atoms with Crippen molar-refractivity contribution in [3.8, 4) is 5.69 Å². The van der Waals surface area contributed by atoms with Crippen LogP contribution in [0.25, 0.3) is 22.5 Å². The summed E-state index contributed by atoms with van der Waals surface area (Å²) in [7, 11) is 0. The Bertz CT molecular complexity index is 1330. The van der Waals surface area contributed by atoms with E-state index in [2.05, 4.69) is 28.8 Å². The quantitative estimate of drug-likeness (QED) is 0.483. The molecule has 174 valence electrons. The summed E-state index contributed by atoms with van der Waals surface area (Å²) in [6, 6.07) is 16.5. The van der Waals surface area contributed by atoms with Crippen molar-refractivity contribution in [2.75, 3.05) is 19.6 Å². The van der Waals surface area contributed by atoms with Crippen LogP contribution in [0.15, 0.2) is 53.4 Å². The van der Waals surface area contributed by atoms with Gasteiger partial charge in [0.2, 0.25) is 5.91 Å². The number of benzene rings is 2. The lowest BCUT2D eigenvalue weighted by atomic mass is 10.1. The molecule has 6 nitrogen and oxygen atoms in total. The Morgan fingerprint density at radius 2 is 1.74 bits per heavy atom. The molecular formula is C27H27N3O3S. The number of aryl methyl sites for hydroxylation is 1. The first-order chi connectivity index (χ1) is 16.4. The van der Waals surface area contributed by atoms with Crippen molar-refractivity contribution in [1.82, 2.24) is 14.4 Å². The monoisotopic (exact) mass is 473 g/mol. The number of amides is 3. The second-order valence-electron chi connectivity index (χ2n) is 8.87. The van der Waals surface area contributed by atoms with Crippen LogP contribution in [-0.4, -0.2) is 51.1 Å². The summed E-state index contributed by atoms with van der Waals surface area (Å²) in [5, 5.41) is 1.92. The van der Waals surface area contributed by atoms with Gasteiger partial charge in [-0.15, -0.1) is 0 Å². The predicted molar refractivity (Wildman–Crippen MR) is 136 cm³/mol. The Morgan fingerprint density at radius 3 is 2.53 bits per heavy atom. The van der Waals surface area contributed by atoms with Gasteiger partial charge in [0, 0.05) is 29.9 Å². The summed E-state index contributed by atoms with van der Waals surface area (Å²) >= 11 is 0.906. The van der Waals surface area contributed by atoms with Gasteiger partial charge >= 0.3 is 0 Å². The van der Waals surface area contributed by atoms with Gasteiger partial charge in [0.15, 0.2) is 0 Å². The molecule has 34 heavy (non-hydrogen) atoms. The Morgan fingerprint density at radius 1 is 1.00 bits per heavy atom. The van der Waals surface area contributed by atoms with E-state index in [0.717, 1.165) is 69.3 Å². The summed E-state index contributed by atoms with van der Waals surface area (Å²) in [6.07, 6.45) is 4.84. The number of carbonyl (C=O) groups excluding carboxylic acids is 3. The Balaban J connectivity index is 1.42. The van der Waals surface area contributed by atoms with E-state index in [4.69, 9.17) is 0 Å². The van der Waals surface area contributed by atoms with E-state index >= 15 is 0 Å². The molecule has 0 aliphatic carbocycles. The zero-order chi connectivity index (χ0) is 23.8. The number of carbonyl (C=O) groups is 3. The van der Waals surface area contributed by atoms with E-state index in [0.29, 0.717) is 18.0 Å². The van der Waals surface area contributed by atoms with Gasteiger partial charge in [-0.1, -0.05) is 36.4 Å². The van der Waals surface area contributed by atoms with Gasteiger partial charge in [-0.3, -0.25) is 19.3 Å². The second kappa shape index (κ2) is 9.14. The van der Waals surface area contributed by atoms with Crippen molar-refractivity contribution < 1.29 is 14.4 Å². The molecule has 0 saturated carbocycles. The molecule has 2 saturated heterocycles. The zero-order valence-electron chi connectivity index (χ0n) is 19.4. The topological polar surface area (TPSA) is 62.6 Å². The van der Waals surface area contributed by atoms with Gasteiger partial charge in [-0.25, -0.2) is 0 Å². The molecule has 2 aliphatic rings. The van der Waals surface area contributed by atoms with E-state index < -0.39 is 5.91 Å². The van der Waals surface area contributed by atoms with Crippen LogP contribution in [0.4, 0.5) is 4.79 Å². The summed E-state index contributed by atoms with van der Waals surface area (Å²) in [4.78, 5) is 41.4. The van der Waals surface area contributed by atoms with E-state index in [9.17, 15) is 14.4 Å². The molecule has 5 rings (SSSR count). The molecule has 3 heterocycles. The summed E-state index contributed by atoms with van der Waals surface area (Å²) < 4.78 is 2.18. The maximum absolute atomic E-state index is 13.0. The lowest BCUT2D eigenvalue weighted by Gasteiger charge is -2.27. The van der Waals surface area contributed by atoms with Crippen LogP contribution < -0.4 is 0 Å². The molecule has 0 radical (unpaired) electrons. The molecule has 0 unspecified atom stereocenters. The fourth-order valence-corrected chi connectivity index (χ4v) is 5.69. The fourth-order valence-electron chi connectivity index (χ4n) is 4.86. The average molecular weight is 474 g/mol. The maximum atomic E-state index is 13.0. The molecule has 0 bridgehead atoms. The van der Waals surface area contributed by atoms with Crippen molar-refractivity contribution in [1.29, 1.82) is 0 Å². The number of thioether (sulfide) groups is 1. The molecule has 2 fully saturated rings. The third-order valence-corrected chi connectivity index (χ3v) is 7.55. The molecule has 0 spiro atoms. The number of imide groups is 1. The largest absolute Gasteiger partial charge is 0.341 e. The highest BCUT2D eigenvalue weighted by Gasteiger charge is 2.37. The minimum Gasteiger partial charge on any atom is -0.341 e. The molecule has 3 aromatic rings. The molecule has 7 heteroatoms. The van der Waals surface area contributed by atoms with Crippen LogP contribution in [0.1, 0.15) is 36.2 Å². The van der Waals surface area contributed by atoms with Crippen molar-refractivity contribution >= 4 is 45.7 Å². The van der Waals surface area contributed by atoms with Crippen LogP contribution in [0.3, 0.4) is 0 Å². The molecule has 2 aromatic carbocycles. The Kier molecular flexibility index (Phi) is 6.04. The van der Waals surface area contributed by atoms with Crippen molar-refractivity contribution in [3.05, 3.63) is 70.4 Å². The van der Waals surface area contributed by atoms with E-state index in [-0.39, 0.29) is 17.7 Å². The van der Waals surface area contributed by atoms with Gasteiger partial charge in [-0.05, 0) is 74.0 Å². The lowest BCUT2D eigenvalue weighted by Crippen LogP contribution is -2.44. The van der Waals surface area contributed by atoms with Gasteiger partial charge in [0.1, 0.15) is 6.54 Å². The highest BCUT2D eigenvalue weighted by molar-refractivity contribution is 8.18. The maximum Gasteiger partial charge on any atom is 0.294 e. The molecular weight excluding hydrogens is 446 g/mol. The predicted octanol–water partition coefficient (Wildman–Crippen LogP) is 5.30. The fraction of sp³-hybridized carbons (Fsp3) is 0.296.